The van der Waals surface area contributed by atoms with Gasteiger partial charge in [-0.2, -0.15) is 0 Å². The van der Waals surface area contributed by atoms with Crippen LogP contribution in [-0.2, 0) is 10.2 Å². The number of carbonyl (C=O) groups excluding carboxylic acids is 1. The Bertz CT molecular complexity index is 444. The van der Waals surface area contributed by atoms with Gasteiger partial charge in [-0.1, -0.05) is 27.2 Å². The van der Waals surface area contributed by atoms with Crippen LogP contribution >= 0.6 is 0 Å². The Labute approximate surface area is 129 Å². The summed E-state index contributed by atoms with van der Waals surface area (Å²) in [5.74, 6) is 1.46. The van der Waals surface area contributed by atoms with E-state index in [2.05, 4.69) is 41.5 Å². The maximum Gasteiger partial charge on any atom is 0.197 e. The molecule has 0 saturated carbocycles. The Morgan fingerprint density at radius 1 is 1.05 bits per heavy atom. The predicted octanol–water partition coefficient (Wildman–Crippen LogP) is 5.14. The molecular weight excluding hydrogens is 264 g/mol. The molecule has 1 heterocycles. The van der Waals surface area contributed by atoms with Gasteiger partial charge in [0.15, 0.2) is 11.5 Å². The molecule has 1 rings (SSSR count). The van der Waals surface area contributed by atoms with Gasteiger partial charge in [-0.25, -0.2) is 0 Å². The van der Waals surface area contributed by atoms with Crippen molar-refractivity contribution in [2.75, 3.05) is 6.61 Å². The Kier molecular flexibility index (Phi) is 6.21. The maximum atomic E-state index is 12.1. The van der Waals surface area contributed by atoms with Gasteiger partial charge in [0.2, 0.25) is 0 Å². The highest BCUT2D eigenvalue weighted by atomic mass is 16.5. The molecule has 0 amide bonds. The predicted molar refractivity (Wildman–Crippen MR) is 85.9 cm³/mol. The van der Waals surface area contributed by atoms with Crippen molar-refractivity contribution in [1.29, 1.82) is 0 Å². The van der Waals surface area contributed by atoms with Gasteiger partial charge in [-0.05, 0) is 45.7 Å². The van der Waals surface area contributed by atoms with Crippen LogP contribution in [0.1, 0.15) is 83.5 Å². The largest absolute Gasteiger partial charge is 0.457 e. The van der Waals surface area contributed by atoms with Gasteiger partial charge in [0.05, 0.1) is 5.60 Å². The number of ketones is 1. The third-order valence-corrected chi connectivity index (χ3v) is 3.20. The summed E-state index contributed by atoms with van der Waals surface area (Å²) in [5, 5.41) is 0. The molecule has 0 bridgehead atoms. The second kappa shape index (κ2) is 7.26. The molecule has 1 aromatic heterocycles. The van der Waals surface area contributed by atoms with E-state index in [0.29, 0.717) is 12.2 Å². The highest BCUT2D eigenvalue weighted by molar-refractivity contribution is 5.93. The Hall–Kier alpha value is -1.09. The van der Waals surface area contributed by atoms with E-state index < -0.39 is 0 Å². The van der Waals surface area contributed by atoms with Crippen molar-refractivity contribution >= 4 is 5.78 Å². The molecule has 0 N–H and O–H groups in total. The van der Waals surface area contributed by atoms with Crippen molar-refractivity contribution in [1.82, 2.24) is 0 Å². The fraction of sp³-hybridized carbons (Fsp3) is 0.722. The minimum Gasteiger partial charge on any atom is -0.457 e. The molecule has 0 aliphatic carbocycles. The first-order valence-electron chi connectivity index (χ1n) is 7.87. The summed E-state index contributed by atoms with van der Waals surface area (Å²) in [6.45, 7) is 13.2. The van der Waals surface area contributed by atoms with Crippen LogP contribution in [0.3, 0.4) is 0 Å². The molecule has 0 saturated heterocycles. The average molecular weight is 294 g/mol. The summed E-state index contributed by atoms with van der Waals surface area (Å²) in [5.41, 5.74) is -0.129. The molecule has 0 aromatic carbocycles. The zero-order valence-electron chi connectivity index (χ0n) is 14.4. The summed E-state index contributed by atoms with van der Waals surface area (Å²) in [4.78, 5) is 12.1. The molecule has 3 heteroatoms. The van der Waals surface area contributed by atoms with E-state index in [-0.39, 0.29) is 16.8 Å². The SMILES string of the molecule is CC(C)(C)OCCCCCC(=O)c1ccc(C(C)(C)C)o1. The second-order valence-corrected chi connectivity index (χ2v) is 7.61. The van der Waals surface area contributed by atoms with Gasteiger partial charge in [0.1, 0.15) is 5.76 Å². The molecule has 1 aromatic rings. The normalized spacial score (nSPS) is 12.7. The Morgan fingerprint density at radius 3 is 2.24 bits per heavy atom. The third kappa shape index (κ3) is 6.94. The fourth-order valence-corrected chi connectivity index (χ4v) is 1.96. The summed E-state index contributed by atoms with van der Waals surface area (Å²) in [7, 11) is 0. The van der Waals surface area contributed by atoms with Gasteiger partial charge in [0.25, 0.3) is 0 Å². The van der Waals surface area contributed by atoms with E-state index in [1.807, 2.05) is 6.07 Å². The van der Waals surface area contributed by atoms with Crippen molar-refractivity contribution in [3.63, 3.8) is 0 Å². The van der Waals surface area contributed by atoms with Crippen LogP contribution in [0.15, 0.2) is 16.5 Å². The summed E-state index contributed by atoms with van der Waals surface area (Å²) in [6, 6.07) is 3.70. The minimum absolute atomic E-state index is 0.0528. The molecule has 0 atom stereocenters. The van der Waals surface area contributed by atoms with E-state index in [1.165, 1.54) is 0 Å². The van der Waals surface area contributed by atoms with Crippen LogP contribution in [0.2, 0.25) is 0 Å². The second-order valence-electron chi connectivity index (χ2n) is 7.61. The highest BCUT2D eigenvalue weighted by Gasteiger charge is 2.20. The monoisotopic (exact) mass is 294 g/mol. The molecule has 0 unspecified atom stereocenters. The molecule has 0 aliphatic heterocycles. The van der Waals surface area contributed by atoms with Crippen molar-refractivity contribution in [2.45, 2.75) is 78.2 Å². The number of ether oxygens (including phenoxy) is 1. The lowest BCUT2D eigenvalue weighted by Crippen LogP contribution is -2.19. The van der Waals surface area contributed by atoms with Gasteiger partial charge >= 0.3 is 0 Å². The first kappa shape index (κ1) is 18.0. The van der Waals surface area contributed by atoms with Gasteiger partial charge in [-0.15, -0.1) is 0 Å². The first-order chi connectivity index (χ1) is 9.59. The van der Waals surface area contributed by atoms with Gasteiger partial charge in [-0.3, -0.25) is 4.79 Å². The van der Waals surface area contributed by atoms with Crippen molar-refractivity contribution in [3.8, 4) is 0 Å². The Balaban J connectivity index is 2.27. The lowest BCUT2D eigenvalue weighted by atomic mass is 9.94. The zero-order chi connectivity index (χ0) is 16.1. The van der Waals surface area contributed by atoms with Crippen molar-refractivity contribution in [2.24, 2.45) is 0 Å². The number of furan rings is 1. The van der Waals surface area contributed by atoms with Crippen LogP contribution in [-0.4, -0.2) is 18.0 Å². The standard InChI is InChI=1S/C18H30O3/c1-17(2,3)16-12-11-15(21-16)14(19)10-8-7-9-13-20-18(4,5)6/h11-12H,7-10,13H2,1-6H3. The smallest absolute Gasteiger partial charge is 0.197 e. The van der Waals surface area contributed by atoms with Crippen LogP contribution in [0, 0.1) is 0 Å². The maximum absolute atomic E-state index is 12.1. The van der Waals surface area contributed by atoms with Gasteiger partial charge < -0.3 is 9.15 Å². The minimum atomic E-state index is -0.0760. The third-order valence-electron chi connectivity index (χ3n) is 3.20. The molecule has 0 fully saturated rings. The number of rotatable bonds is 7. The number of unbranched alkanes of at least 4 members (excludes halogenated alkanes) is 2. The van der Waals surface area contributed by atoms with Crippen LogP contribution in [0.5, 0.6) is 0 Å². The van der Waals surface area contributed by atoms with Crippen molar-refractivity contribution in [3.05, 3.63) is 23.7 Å². The quantitative estimate of drug-likeness (QED) is 0.516. The van der Waals surface area contributed by atoms with E-state index in [9.17, 15) is 4.79 Å². The first-order valence-corrected chi connectivity index (χ1v) is 7.87. The molecule has 0 spiro atoms. The van der Waals surface area contributed by atoms with Crippen LogP contribution in [0.4, 0.5) is 0 Å². The summed E-state index contributed by atoms with van der Waals surface area (Å²) < 4.78 is 11.3. The topological polar surface area (TPSA) is 39.4 Å². The Morgan fingerprint density at radius 2 is 1.71 bits per heavy atom. The zero-order valence-corrected chi connectivity index (χ0v) is 14.4. The molecule has 0 radical (unpaired) electrons. The van der Waals surface area contributed by atoms with Crippen LogP contribution < -0.4 is 0 Å². The molecule has 3 nitrogen and oxygen atoms in total. The number of carbonyl (C=O) groups is 1. The van der Waals surface area contributed by atoms with E-state index in [0.717, 1.165) is 31.6 Å². The van der Waals surface area contributed by atoms with Crippen LogP contribution in [0.25, 0.3) is 0 Å². The highest BCUT2D eigenvalue weighted by Crippen LogP contribution is 2.25. The van der Waals surface area contributed by atoms with E-state index in [1.54, 1.807) is 6.07 Å². The van der Waals surface area contributed by atoms with Gasteiger partial charge in [0, 0.05) is 18.4 Å². The lowest BCUT2D eigenvalue weighted by Gasteiger charge is -2.19. The summed E-state index contributed by atoms with van der Waals surface area (Å²) in [6.07, 6.45) is 3.44. The number of hydrogen-bond donors (Lipinski definition) is 0. The summed E-state index contributed by atoms with van der Waals surface area (Å²) >= 11 is 0. The van der Waals surface area contributed by atoms with Crippen molar-refractivity contribution < 1.29 is 13.9 Å². The number of hydrogen-bond acceptors (Lipinski definition) is 3. The lowest BCUT2D eigenvalue weighted by molar-refractivity contribution is -0.00474. The van der Waals surface area contributed by atoms with E-state index in [4.69, 9.17) is 9.15 Å². The molecule has 21 heavy (non-hydrogen) atoms. The van der Waals surface area contributed by atoms with E-state index >= 15 is 0 Å². The molecule has 120 valence electrons. The molecular formula is C18H30O3. The average Bonchev–Trinajstić information content (AvgIpc) is 2.81. The number of Topliss-reactive ketones (excluding diaryl/α,β-unsaturated/α-hetero) is 1. The fourth-order valence-electron chi connectivity index (χ4n) is 1.96. The molecule has 0 aliphatic rings.